The Bertz CT molecular complexity index is 1850. The number of rotatable bonds is 8. The summed E-state index contributed by atoms with van der Waals surface area (Å²) in [5, 5.41) is 18.9. The normalized spacial score (nSPS) is 20.6. The third-order valence-electron chi connectivity index (χ3n) is 9.67. The number of piperidine rings is 1. The first kappa shape index (κ1) is 28.9. The van der Waals surface area contributed by atoms with Crippen LogP contribution in [0.4, 0.5) is 5.82 Å². The van der Waals surface area contributed by atoms with E-state index in [1.807, 2.05) is 48.9 Å². The molecule has 0 amide bonds. The highest BCUT2D eigenvalue weighted by Crippen LogP contribution is 2.38. The van der Waals surface area contributed by atoms with E-state index in [0.717, 1.165) is 71.2 Å². The van der Waals surface area contributed by atoms with Crippen molar-refractivity contribution in [3.8, 4) is 0 Å². The molecule has 11 heteroatoms. The molecule has 1 unspecified atom stereocenters. The van der Waals surface area contributed by atoms with Crippen molar-refractivity contribution < 1.29 is 18.3 Å². The van der Waals surface area contributed by atoms with Crippen LogP contribution in [-0.2, 0) is 27.9 Å². The molecule has 1 aliphatic carbocycles. The molecule has 10 nitrogen and oxygen atoms in total. The number of hydrogen-bond donors (Lipinski definition) is 1. The SMILES string of the molecule is Cc1ccc(C(CC(=O)O)c2ccc3c(nnn3CC3CC3)c2C)cc1CN1C[C@H]2CCCCN2c2ncccc2S1(=O)=O. The fourth-order valence-corrected chi connectivity index (χ4v) is 8.59. The summed E-state index contributed by atoms with van der Waals surface area (Å²) in [5.74, 6) is -0.119. The van der Waals surface area contributed by atoms with Crippen LogP contribution in [0.5, 0.6) is 0 Å². The lowest BCUT2D eigenvalue weighted by Crippen LogP contribution is -2.45. The van der Waals surface area contributed by atoms with E-state index in [1.54, 1.807) is 22.6 Å². The number of aliphatic carboxylic acids is 1. The van der Waals surface area contributed by atoms with Crippen LogP contribution in [0, 0.1) is 19.8 Å². The highest BCUT2D eigenvalue weighted by molar-refractivity contribution is 7.89. The van der Waals surface area contributed by atoms with Crippen molar-refractivity contribution in [3.63, 3.8) is 0 Å². The maximum absolute atomic E-state index is 14.1. The average molecular weight is 615 g/mol. The summed E-state index contributed by atoms with van der Waals surface area (Å²) in [6, 6.07) is 13.4. The second kappa shape index (κ2) is 11.3. The Morgan fingerprint density at radius 1 is 1.09 bits per heavy atom. The number of aromatic nitrogens is 4. The summed E-state index contributed by atoms with van der Waals surface area (Å²) in [6.45, 7) is 6.20. The number of aryl methyl sites for hydroxylation is 2. The number of fused-ring (bicyclic) bond motifs is 4. The minimum Gasteiger partial charge on any atom is -0.481 e. The van der Waals surface area contributed by atoms with Gasteiger partial charge in [-0.15, -0.1) is 5.10 Å². The van der Waals surface area contributed by atoms with E-state index < -0.39 is 21.9 Å². The van der Waals surface area contributed by atoms with E-state index in [0.29, 0.717) is 18.3 Å². The zero-order chi connectivity index (χ0) is 30.6. The molecule has 2 aromatic heterocycles. The molecule has 4 aromatic rings. The Kier molecular flexibility index (Phi) is 7.40. The number of carbonyl (C=O) groups is 1. The van der Waals surface area contributed by atoms with E-state index in [1.165, 1.54) is 12.8 Å². The minimum absolute atomic E-state index is 0.0561. The topological polar surface area (TPSA) is 122 Å². The van der Waals surface area contributed by atoms with Crippen LogP contribution in [0.15, 0.2) is 53.6 Å². The number of hydrogen-bond acceptors (Lipinski definition) is 7. The number of pyridine rings is 1. The van der Waals surface area contributed by atoms with Gasteiger partial charge in [0, 0.05) is 44.3 Å². The lowest BCUT2D eigenvalue weighted by atomic mass is 9.84. The summed E-state index contributed by atoms with van der Waals surface area (Å²) in [4.78, 5) is 19.1. The second-order valence-electron chi connectivity index (χ2n) is 12.7. The summed E-state index contributed by atoms with van der Waals surface area (Å²) < 4.78 is 31.7. The van der Waals surface area contributed by atoms with Crippen molar-refractivity contribution in [2.75, 3.05) is 18.0 Å². The van der Waals surface area contributed by atoms with Crippen molar-refractivity contribution in [1.82, 2.24) is 24.3 Å². The van der Waals surface area contributed by atoms with E-state index in [2.05, 4.69) is 20.2 Å². The second-order valence-corrected chi connectivity index (χ2v) is 14.6. The summed E-state index contributed by atoms with van der Waals surface area (Å²) in [6.07, 6.45) is 6.99. The molecule has 2 atom stereocenters. The third-order valence-corrected chi connectivity index (χ3v) is 11.5. The number of nitrogens with zero attached hydrogens (tertiary/aromatic N) is 6. The fraction of sp³-hybridized carbons (Fsp3) is 0.455. The van der Waals surface area contributed by atoms with Gasteiger partial charge in [0.15, 0.2) is 0 Å². The van der Waals surface area contributed by atoms with Crippen molar-refractivity contribution in [3.05, 3.63) is 76.5 Å². The summed E-state index contributed by atoms with van der Waals surface area (Å²) in [5.41, 5.74) is 6.26. The van der Waals surface area contributed by atoms with Gasteiger partial charge in [-0.2, -0.15) is 4.31 Å². The molecule has 4 heterocycles. The molecule has 1 saturated carbocycles. The predicted octanol–water partition coefficient (Wildman–Crippen LogP) is 5.02. The van der Waals surface area contributed by atoms with Gasteiger partial charge < -0.3 is 10.0 Å². The first-order chi connectivity index (χ1) is 21.2. The first-order valence-corrected chi connectivity index (χ1v) is 17.0. The van der Waals surface area contributed by atoms with Gasteiger partial charge in [-0.25, -0.2) is 18.1 Å². The minimum atomic E-state index is -3.81. The van der Waals surface area contributed by atoms with Crippen LogP contribution in [0.3, 0.4) is 0 Å². The lowest BCUT2D eigenvalue weighted by molar-refractivity contribution is -0.137. The van der Waals surface area contributed by atoms with Gasteiger partial charge in [0.25, 0.3) is 0 Å². The summed E-state index contributed by atoms with van der Waals surface area (Å²) >= 11 is 0. The average Bonchev–Trinajstić information content (AvgIpc) is 3.75. The molecular weight excluding hydrogens is 576 g/mol. The molecule has 44 heavy (non-hydrogen) atoms. The maximum Gasteiger partial charge on any atom is 0.304 e. The van der Waals surface area contributed by atoms with Gasteiger partial charge in [-0.05, 0) is 97.9 Å². The van der Waals surface area contributed by atoms with Gasteiger partial charge in [0.1, 0.15) is 16.2 Å². The van der Waals surface area contributed by atoms with Crippen molar-refractivity contribution in [1.29, 1.82) is 0 Å². The summed E-state index contributed by atoms with van der Waals surface area (Å²) in [7, 11) is -3.81. The van der Waals surface area contributed by atoms with Crippen molar-refractivity contribution in [2.24, 2.45) is 5.92 Å². The Morgan fingerprint density at radius 3 is 2.73 bits per heavy atom. The molecule has 1 saturated heterocycles. The molecule has 230 valence electrons. The molecule has 0 spiro atoms. The Hall–Kier alpha value is -3.83. The monoisotopic (exact) mass is 614 g/mol. The standard InChI is InChI=1S/C33H38N6O4S/c1-21-8-11-24(28(17-31(40)41)27-12-13-29-32(22(27)2)35-36-39(29)18-23-9-10-23)16-25(21)19-37-20-26-6-3-4-15-38(26)33-30(44(37,42)43)7-5-14-34-33/h5,7-8,11-14,16,23,26,28H,3-4,6,9-10,15,17-20H2,1-2H3,(H,40,41)/t26-,28?/m1/s1. The van der Waals surface area contributed by atoms with Crippen LogP contribution in [-0.4, -0.2) is 62.9 Å². The molecule has 3 aliphatic rings. The number of sulfonamides is 1. The number of benzene rings is 2. The molecule has 0 bridgehead atoms. The van der Waals surface area contributed by atoms with E-state index in [-0.39, 0.29) is 23.9 Å². The van der Waals surface area contributed by atoms with Crippen LogP contribution >= 0.6 is 0 Å². The van der Waals surface area contributed by atoms with Crippen LogP contribution in [0.25, 0.3) is 11.0 Å². The van der Waals surface area contributed by atoms with Gasteiger partial charge in [0.2, 0.25) is 10.0 Å². The van der Waals surface area contributed by atoms with E-state index in [4.69, 9.17) is 0 Å². The largest absolute Gasteiger partial charge is 0.481 e. The highest BCUT2D eigenvalue weighted by atomic mass is 32.2. The predicted molar refractivity (Wildman–Crippen MR) is 167 cm³/mol. The molecule has 2 fully saturated rings. The van der Waals surface area contributed by atoms with Crippen LogP contribution < -0.4 is 4.90 Å². The molecule has 7 rings (SSSR count). The number of carboxylic acids is 1. The number of anilines is 1. The Morgan fingerprint density at radius 2 is 1.93 bits per heavy atom. The zero-order valence-electron chi connectivity index (χ0n) is 25.2. The molecule has 1 N–H and O–H groups in total. The molecule has 2 aliphatic heterocycles. The quantitative estimate of drug-likeness (QED) is 0.294. The molecule has 0 radical (unpaired) electrons. The van der Waals surface area contributed by atoms with Crippen molar-refractivity contribution in [2.45, 2.75) is 82.3 Å². The fourth-order valence-electron chi connectivity index (χ4n) is 6.98. The van der Waals surface area contributed by atoms with Gasteiger partial charge in [-0.1, -0.05) is 29.5 Å². The number of carboxylic acid groups (broad SMARTS) is 1. The van der Waals surface area contributed by atoms with Crippen LogP contribution in [0.1, 0.15) is 72.3 Å². The van der Waals surface area contributed by atoms with Crippen molar-refractivity contribution >= 4 is 32.8 Å². The molecule has 2 aromatic carbocycles. The highest BCUT2D eigenvalue weighted by Gasteiger charge is 2.39. The lowest BCUT2D eigenvalue weighted by Gasteiger charge is -2.36. The Labute approximate surface area is 257 Å². The van der Waals surface area contributed by atoms with Gasteiger partial charge >= 0.3 is 5.97 Å². The first-order valence-electron chi connectivity index (χ1n) is 15.6. The Balaban J connectivity index is 1.25. The zero-order valence-corrected chi connectivity index (χ0v) is 26.0. The van der Waals surface area contributed by atoms with Gasteiger partial charge in [-0.3, -0.25) is 4.79 Å². The maximum atomic E-state index is 14.1. The van der Waals surface area contributed by atoms with Gasteiger partial charge in [0.05, 0.1) is 11.9 Å². The van der Waals surface area contributed by atoms with Crippen LogP contribution in [0.2, 0.25) is 0 Å². The molecular formula is C33H38N6O4S. The van der Waals surface area contributed by atoms with E-state index in [9.17, 15) is 18.3 Å². The third kappa shape index (κ3) is 5.26. The smallest absolute Gasteiger partial charge is 0.304 e. The van der Waals surface area contributed by atoms with E-state index >= 15 is 0 Å².